The monoisotopic (exact) mass is 454 g/mol. The van der Waals surface area contributed by atoms with E-state index in [1.165, 1.54) is 0 Å². The Bertz CT molecular complexity index is 965. The Labute approximate surface area is 178 Å². The lowest BCUT2D eigenvalue weighted by Crippen LogP contribution is -2.49. The maximum Gasteiger partial charge on any atom is 0.221 e. The predicted molar refractivity (Wildman–Crippen MR) is 114 cm³/mol. The molecule has 0 aliphatic carbocycles. The molecule has 0 unspecified atom stereocenters. The summed E-state index contributed by atoms with van der Waals surface area (Å²) >= 11 is 3.54. The molecule has 6 heteroatoms. The first kappa shape index (κ1) is 19.9. The third-order valence-corrected chi connectivity index (χ3v) is 5.77. The van der Waals surface area contributed by atoms with Crippen LogP contribution in [0.1, 0.15) is 30.7 Å². The molecule has 1 aromatic heterocycles. The van der Waals surface area contributed by atoms with Gasteiger partial charge < -0.3 is 14.5 Å². The number of rotatable bonds is 6. The van der Waals surface area contributed by atoms with Crippen LogP contribution in [0.2, 0.25) is 0 Å². The standard InChI is InChI=1S/C23H23BrN2O3/c24-19-8-4-7-18(15-19)23(11-13-28-14-12-23)26-21(27)9-10-22-25-16-20(29-22)17-5-2-1-3-6-17/h1-8,15-16H,9-14H2,(H,26,27). The molecule has 1 fully saturated rings. The van der Waals surface area contributed by atoms with Crippen molar-refractivity contribution in [2.45, 2.75) is 31.2 Å². The van der Waals surface area contributed by atoms with Crippen molar-refractivity contribution in [3.63, 3.8) is 0 Å². The van der Waals surface area contributed by atoms with Crippen LogP contribution in [-0.2, 0) is 21.5 Å². The lowest BCUT2D eigenvalue weighted by molar-refractivity contribution is -0.124. The molecule has 4 rings (SSSR count). The van der Waals surface area contributed by atoms with E-state index in [0.29, 0.717) is 31.9 Å². The number of benzene rings is 2. The molecule has 0 spiro atoms. The second-order valence-corrected chi connectivity index (χ2v) is 8.15. The minimum atomic E-state index is -0.398. The summed E-state index contributed by atoms with van der Waals surface area (Å²) < 4.78 is 12.4. The minimum Gasteiger partial charge on any atom is -0.441 e. The molecule has 1 aliphatic heterocycles. The van der Waals surface area contributed by atoms with E-state index in [1.54, 1.807) is 6.20 Å². The van der Waals surface area contributed by atoms with Gasteiger partial charge in [-0.05, 0) is 30.5 Å². The number of ether oxygens (including phenoxy) is 1. The summed E-state index contributed by atoms with van der Waals surface area (Å²) in [5.74, 6) is 1.28. The molecule has 150 valence electrons. The van der Waals surface area contributed by atoms with Gasteiger partial charge in [0, 0.05) is 36.1 Å². The van der Waals surface area contributed by atoms with Crippen molar-refractivity contribution in [1.29, 1.82) is 0 Å². The lowest BCUT2D eigenvalue weighted by Gasteiger charge is -2.38. The number of nitrogens with one attached hydrogen (secondary N) is 1. The van der Waals surface area contributed by atoms with Gasteiger partial charge in [0.1, 0.15) is 0 Å². The van der Waals surface area contributed by atoms with Gasteiger partial charge in [-0.25, -0.2) is 4.98 Å². The van der Waals surface area contributed by atoms with Crippen LogP contribution in [0.5, 0.6) is 0 Å². The van der Waals surface area contributed by atoms with Gasteiger partial charge in [-0.15, -0.1) is 0 Å². The zero-order chi connectivity index (χ0) is 20.1. The van der Waals surface area contributed by atoms with Crippen LogP contribution in [0.25, 0.3) is 11.3 Å². The fraction of sp³-hybridized carbons (Fsp3) is 0.304. The molecule has 3 aromatic rings. The molecule has 1 saturated heterocycles. The largest absolute Gasteiger partial charge is 0.441 e. The third kappa shape index (κ3) is 4.77. The van der Waals surface area contributed by atoms with Crippen LogP contribution in [0.3, 0.4) is 0 Å². The molecular formula is C23H23BrN2O3. The Hall–Kier alpha value is -2.44. The molecule has 5 nitrogen and oxygen atoms in total. The number of carbonyl (C=O) groups is 1. The highest BCUT2D eigenvalue weighted by Gasteiger charge is 2.36. The van der Waals surface area contributed by atoms with Gasteiger partial charge in [-0.2, -0.15) is 0 Å². The van der Waals surface area contributed by atoms with E-state index < -0.39 is 5.54 Å². The van der Waals surface area contributed by atoms with E-state index in [4.69, 9.17) is 9.15 Å². The lowest BCUT2D eigenvalue weighted by atomic mass is 9.82. The van der Waals surface area contributed by atoms with E-state index in [-0.39, 0.29) is 5.91 Å². The molecule has 1 amide bonds. The van der Waals surface area contributed by atoms with Crippen molar-refractivity contribution >= 4 is 21.8 Å². The molecule has 0 saturated carbocycles. The van der Waals surface area contributed by atoms with E-state index in [2.05, 4.69) is 38.4 Å². The van der Waals surface area contributed by atoms with E-state index in [9.17, 15) is 4.79 Å². The first-order valence-electron chi connectivity index (χ1n) is 9.80. The topological polar surface area (TPSA) is 64.4 Å². The van der Waals surface area contributed by atoms with E-state index >= 15 is 0 Å². The number of aryl methyl sites for hydroxylation is 1. The summed E-state index contributed by atoms with van der Waals surface area (Å²) in [4.78, 5) is 17.1. The summed E-state index contributed by atoms with van der Waals surface area (Å²) in [6.45, 7) is 1.26. The number of halogens is 1. The molecular weight excluding hydrogens is 432 g/mol. The maximum absolute atomic E-state index is 12.8. The number of amides is 1. The Kier molecular flexibility index (Phi) is 6.11. The van der Waals surface area contributed by atoms with Crippen molar-refractivity contribution in [1.82, 2.24) is 10.3 Å². The summed E-state index contributed by atoms with van der Waals surface area (Å²) in [5, 5.41) is 3.28. The highest BCUT2D eigenvalue weighted by atomic mass is 79.9. The normalized spacial score (nSPS) is 15.8. The van der Waals surface area contributed by atoms with Gasteiger partial charge in [-0.1, -0.05) is 58.4 Å². The number of nitrogens with zero attached hydrogens (tertiary/aromatic N) is 1. The molecule has 2 aromatic carbocycles. The SMILES string of the molecule is O=C(CCc1ncc(-c2ccccc2)o1)NC1(c2cccc(Br)c2)CCOCC1. The predicted octanol–water partition coefficient (Wildman–Crippen LogP) is 4.86. The van der Waals surface area contributed by atoms with Crippen LogP contribution in [0, 0.1) is 0 Å². The Morgan fingerprint density at radius 3 is 2.66 bits per heavy atom. The summed E-state index contributed by atoms with van der Waals surface area (Å²) in [6, 6.07) is 18.0. The zero-order valence-corrected chi connectivity index (χ0v) is 17.7. The van der Waals surface area contributed by atoms with Gasteiger partial charge in [-0.3, -0.25) is 4.79 Å². The van der Waals surface area contributed by atoms with Crippen molar-refractivity contribution in [2.75, 3.05) is 13.2 Å². The quantitative estimate of drug-likeness (QED) is 0.577. The van der Waals surface area contributed by atoms with Gasteiger partial charge in [0.15, 0.2) is 11.7 Å². The number of aromatic nitrogens is 1. The highest BCUT2D eigenvalue weighted by molar-refractivity contribution is 9.10. The zero-order valence-electron chi connectivity index (χ0n) is 16.1. The first-order valence-corrected chi connectivity index (χ1v) is 10.6. The van der Waals surface area contributed by atoms with Crippen LogP contribution in [0.15, 0.2) is 69.7 Å². The molecule has 0 radical (unpaired) electrons. The number of hydrogen-bond acceptors (Lipinski definition) is 4. The first-order chi connectivity index (χ1) is 14.1. The van der Waals surface area contributed by atoms with Crippen molar-refractivity contribution < 1.29 is 13.9 Å². The Balaban J connectivity index is 1.42. The summed E-state index contributed by atoms with van der Waals surface area (Å²) in [5.41, 5.74) is 1.68. The van der Waals surface area contributed by atoms with Crippen LogP contribution in [0.4, 0.5) is 0 Å². The minimum absolute atomic E-state index is 0.00802. The third-order valence-electron chi connectivity index (χ3n) is 5.28. The number of carbonyl (C=O) groups excluding carboxylic acids is 1. The molecule has 2 heterocycles. The fourth-order valence-electron chi connectivity index (χ4n) is 3.70. The average Bonchev–Trinajstić information content (AvgIpc) is 3.23. The average molecular weight is 455 g/mol. The van der Waals surface area contributed by atoms with Gasteiger partial charge in [0.25, 0.3) is 0 Å². The molecule has 29 heavy (non-hydrogen) atoms. The van der Waals surface area contributed by atoms with Crippen molar-refractivity contribution in [3.05, 3.63) is 76.7 Å². The van der Waals surface area contributed by atoms with Gasteiger partial charge >= 0.3 is 0 Å². The molecule has 1 N–H and O–H groups in total. The molecule has 0 bridgehead atoms. The van der Waals surface area contributed by atoms with Crippen LogP contribution >= 0.6 is 15.9 Å². The number of hydrogen-bond donors (Lipinski definition) is 1. The van der Waals surface area contributed by atoms with E-state index in [0.717, 1.165) is 34.2 Å². The second-order valence-electron chi connectivity index (χ2n) is 7.24. The highest BCUT2D eigenvalue weighted by Crippen LogP contribution is 2.33. The summed E-state index contributed by atoms with van der Waals surface area (Å²) in [6.07, 6.45) is 4.01. The van der Waals surface area contributed by atoms with E-state index in [1.807, 2.05) is 42.5 Å². The fourth-order valence-corrected chi connectivity index (χ4v) is 4.10. The van der Waals surface area contributed by atoms with Gasteiger partial charge in [0.05, 0.1) is 11.7 Å². The second kappa shape index (κ2) is 8.93. The maximum atomic E-state index is 12.8. The number of oxazole rings is 1. The van der Waals surface area contributed by atoms with Gasteiger partial charge in [0.2, 0.25) is 5.91 Å². The molecule has 0 atom stereocenters. The van der Waals surface area contributed by atoms with Crippen LogP contribution < -0.4 is 5.32 Å². The van der Waals surface area contributed by atoms with Crippen LogP contribution in [-0.4, -0.2) is 24.1 Å². The Morgan fingerprint density at radius 2 is 1.90 bits per heavy atom. The summed E-state index contributed by atoms with van der Waals surface area (Å²) in [7, 11) is 0. The van der Waals surface area contributed by atoms with Crippen molar-refractivity contribution in [2.24, 2.45) is 0 Å². The van der Waals surface area contributed by atoms with Crippen molar-refractivity contribution in [3.8, 4) is 11.3 Å². The smallest absolute Gasteiger partial charge is 0.221 e. The molecule has 1 aliphatic rings. The Morgan fingerprint density at radius 1 is 1.10 bits per heavy atom.